The van der Waals surface area contributed by atoms with Crippen molar-refractivity contribution in [2.24, 2.45) is 14.1 Å². The van der Waals surface area contributed by atoms with Crippen LogP contribution in [0.4, 0.5) is 5.95 Å². The van der Waals surface area contributed by atoms with E-state index < -0.39 is 5.69 Å². The van der Waals surface area contributed by atoms with Gasteiger partial charge in [0.05, 0.1) is 18.9 Å². The van der Waals surface area contributed by atoms with Gasteiger partial charge < -0.3 is 14.2 Å². The molecule has 3 aromatic heterocycles. The topological polar surface area (TPSA) is 118 Å². The summed E-state index contributed by atoms with van der Waals surface area (Å²) < 4.78 is 11.6. The summed E-state index contributed by atoms with van der Waals surface area (Å²) in [6.45, 7) is 2.98. The number of imidazole rings is 1. The molecule has 0 radical (unpaired) electrons. The normalized spacial score (nSPS) is 14.3. The van der Waals surface area contributed by atoms with E-state index in [0.717, 1.165) is 10.3 Å². The van der Waals surface area contributed by atoms with Crippen molar-refractivity contribution in [2.45, 2.75) is 11.7 Å². The molecule has 5 rings (SSSR count). The van der Waals surface area contributed by atoms with Gasteiger partial charge in [0, 0.05) is 39.5 Å². The second kappa shape index (κ2) is 8.83. The van der Waals surface area contributed by atoms with Gasteiger partial charge in [0.2, 0.25) is 11.1 Å². The van der Waals surface area contributed by atoms with Gasteiger partial charge in [-0.3, -0.25) is 13.9 Å². The molecule has 0 atom stereocenters. The standard InChI is InChI=1S/C20H23N9O3S/c1-25-16-15(17(30)26(2)20(25)31)28(18(21-16)27-8-11-32-12-9-27)10-13-33-19-22-23-24-29(19)14-6-4-3-5-7-14/h3-7H,8-13H2,1-2H3. The molecule has 1 fully saturated rings. The second-order valence-electron chi connectivity index (χ2n) is 7.60. The van der Waals surface area contributed by atoms with E-state index in [-0.39, 0.29) is 5.56 Å². The highest BCUT2D eigenvalue weighted by Gasteiger charge is 2.24. The Hall–Kier alpha value is -3.45. The van der Waals surface area contributed by atoms with Gasteiger partial charge in [-0.2, -0.15) is 9.67 Å². The van der Waals surface area contributed by atoms with Crippen LogP contribution in [0.2, 0.25) is 0 Å². The first-order valence-corrected chi connectivity index (χ1v) is 11.5. The molecular formula is C20H23N9O3S. The van der Waals surface area contributed by atoms with Crippen LogP contribution in [0.25, 0.3) is 16.9 Å². The van der Waals surface area contributed by atoms with Gasteiger partial charge in [0.1, 0.15) is 0 Å². The minimum absolute atomic E-state index is 0.362. The van der Waals surface area contributed by atoms with E-state index in [9.17, 15) is 9.59 Å². The lowest BCUT2D eigenvalue weighted by Crippen LogP contribution is -2.38. The Morgan fingerprint density at radius 2 is 1.82 bits per heavy atom. The number of thioether (sulfide) groups is 1. The van der Waals surface area contributed by atoms with Gasteiger partial charge in [-0.15, -0.1) is 5.10 Å². The van der Waals surface area contributed by atoms with Crippen molar-refractivity contribution in [3.8, 4) is 5.69 Å². The summed E-state index contributed by atoms with van der Waals surface area (Å²) in [4.78, 5) is 32.3. The van der Waals surface area contributed by atoms with E-state index in [0.29, 0.717) is 60.9 Å². The summed E-state index contributed by atoms with van der Waals surface area (Å²) in [6.07, 6.45) is 0. The molecule has 1 aliphatic rings. The summed E-state index contributed by atoms with van der Waals surface area (Å²) in [7, 11) is 3.12. The van der Waals surface area contributed by atoms with Gasteiger partial charge in [0.25, 0.3) is 5.56 Å². The molecule has 4 aromatic rings. The number of anilines is 1. The van der Waals surface area contributed by atoms with E-state index >= 15 is 0 Å². The zero-order valence-electron chi connectivity index (χ0n) is 18.3. The molecule has 0 aliphatic carbocycles. The molecule has 1 aliphatic heterocycles. The predicted molar refractivity (Wildman–Crippen MR) is 123 cm³/mol. The summed E-state index contributed by atoms with van der Waals surface area (Å²) in [5, 5.41) is 12.7. The van der Waals surface area contributed by atoms with Crippen LogP contribution in [0.1, 0.15) is 0 Å². The third-order valence-corrected chi connectivity index (χ3v) is 6.51. The number of nitrogens with zero attached hydrogens (tertiary/aromatic N) is 9. The quantitative estimate of drug-likeness (QED) is 0.361. The molecule has 1 aromatic carbocycles. The van der Waals surface area contributed by atoms with E-state index in [1.165, 1.54) is 23.4 Å². The first-order valence-electron chi connectivity index (χ1n) is 10.5. The number of fused-ring (bicyclic) bond motifs is 1. The number of aryl methyl sites for hydroxylation is 2. The van der Waals surface area contributed by atoms with E-state index in [4.69, 9.17) is 9.72 Å². The number of aromatic nitrogens is 8. The molecule has 0 spiro atoms. The van der Waals surface area contributed by atoms with Crippen molar-refractivity contribution in [3.63, 3.8) is 0 Å². The number of ether oxygens (including phenoxy) is 1. The maximum Gasteiger partial charge on any atom is 0.332 e. The van der Waals surface area contributed by atoms with Gasteiger partial charge in [-0.1, -0.05) is 30.0 Å². The minimum atomic E-state index is -0.401. The van der Waals surface area contributed by atoms with Crippen LogP contribution >= 0.6 is 11.8 Å². The zero-order chi connectivity index (χ0) is 22.9. The van der Waals surface area contributed by atoms with E-state index in [1.54, 1.807) is 11.7 Å². The summed E-state index contributed by atoms with van der Waals surface area (Å²) in [6, 6.07) is 9.66. The Bertz CT molecular complexity index is 1400. The molecule has 33 heavy (non-hydrogen) atoms. The van der Waals surface area contributed by atoms with Gasteiger partial charge >= 0.3 is 5.69 Å². The fourth-order valence-corrected chi connectivity index (χ4v) is 4.69. The third-order valence-electron chi connectivity index (χ3n) is 5.61. The van der Waals surface area contributed by atoms with Crippen molar-refractivity contribution in [3.05, 3.63) is 51.2 Å². The van der Waals surface area contributed by atoms with Crippen molar-refractivity contribution in [2.75, 3.05) is 37.0 Å². The number of tetrazole rings is 1. The van der Waals surface area contributed by atoms with Gasteiger partial charge in [-0.05, 0) is 22.6 Å². The molecule has 0 amide bonds. The average Bonchev–Trinajstić information content (AvgIpc) is 3.48. The summed E-state index contributed by atoms with van der Waals surface area (Å²) in [5.41, 5.74) is 0.894. The molecule has 12 nitrogen and oxygen atoms in total. The lowest BCUT2D eigenvalue weighted by Gasteiger charge is -2.28. The van der Waals surface area contributed by atoms with Crippen LogP contribution in [-0.4, -0.2) is 70.9 Å². The maximum absolute atomic E-state index is 13.1. The molecule has 4 heterocycles. The lowest BCUT2D eigenvalue weighted by atomic mass is 10.3. The Morgan fingerprint density at radius 3 is 2.58 bits per heavy atom. The highest BCUT2D eigenvalue weighted by atomic mass is 32.2. The first kappa shape index (κ1) is 21.4. The second-order valence-corrected chi connectivity index (χ2v) is 8.66. The van der Waals surface area contributed by atoms with Crippen LogP contribution in [-0.2, 0) is 25.4 Å². The summed E-state index contributed by atoms with van der Waals surface area (Å²) >= 11 is 1.49. The Morgan fingerprint density at radius 1 is 1.06 bits per heavy atom. The number of hydrogen-bond donors (Lipinski definition) is 0. The SMILES string of the molecule is Cn1c(=O)c2c(nc(N3CCOCC3)n2CCSc2nnnn2-c2ccccc2)n(C)c1=O. The molecule has 0 bridgehead atoms. The monoisotopic (exact) mass is 469 g/mol. The molecule has 0 saturated carbocycles. The number of para-hydroxylation sites is 1. The minimum Gasteiger partial charge on any atom is -0.378 e. The average molecular weight is 470 g/mol. The number of hydrogen-bond acceptors (Lipinski definition) is 9. The molecule has 0 unspecified atom stereocenters. The van der Waals surface area contributed by atoms with Crippen molar-refractivity contribution in [1.29, 1.82) is 0 Å². The van der Waals surface area contributed by atoms with Crippen LogP contribution < -0.4 is 16.1 Å². The van der Waals surface area contributed by atoms with Crippen molar-refractivity contribution >= 4 is 28.9 Å². The molecule has 1 saturated heterocycles. The number of morpholine rings is 1. The van der Waals surface area contributed by atoms with E-state index in [1.807, 2.05) is 34.9 Å². The van der Waals surface area contributed by atoms with Gasteiger partial charge in [0.15, 0.2) is 11.2 Å². The smallest absolute Gasteiger partial charge is 0.332 e. The Kier molecular flexibility index (Phi) is 5.72. The van der Waals surface area contributed by atoms with Crippen LogP contribution in [0.5, 0.6) is 0 Å². The molecule has 13 heteroatoms. The molecular weight excluding hydrogens is 446 g/mol. The summed E-state index contributed by atoms with van der Waals surface area (Å²) in [5.74, 6) is 1.26. The van der Waals surface area contributed by atoms with Crippen molar-refractivity contribution in [1.82, 2.24) is 38.9 Å². The highest BCUT2D eigenvalue weighted by molar-refractivity contribution is 7.99. The molecule has 172 valence electrons. The fraction of sp³-hybridized carbons (Fsp3) is 0.400. The Balaban J connectivity index is 1.49. The van der Waals surface area contributed by atoms with Gasteiger partial charge in [-0.25, -0.2) is 4.79 Å². The van der Waals surface area contributed by atoms with Crippen LogP contribution in [0.15, 0.2) is 45.1 Å². The first-order chi connectivity index (χ1) is 16.1. The lowest BCUT2D eigenvalue weighted by molar-refractivity contribution is 0.121. The molecule has 0 N–H and O–H groups in total. The van der Waals surface area contributed by atoms with Crippen LogP contribution in [0.3, 0.4) is 0 Å². The fourth-order valence-electron chi connectivity index (χ4n) is 3.88. The highest BCUT2D eigenvalue weighted by Crippen LogP contribution is 2.23. The largest absolute Gasteiger partial charge is 0.378 e. The van der Waals surface area contributed by atoms with Crippen LogP contribution in [0, 0.1) is 0 Å². The number of benzene rings is 1. The number of rotatable bonds is 6. The zero-order valence-corrected chi connectivity index (χ0v) is 19.1. The van der Waals surface area contributed by atoms with Crippen molar-refractivity contribution < 1.29 is 4.74 Å². The Labute approximate surface area is 192 Å². The third kappa shape index (κ3) is 3.82. The van der Waals surface area contributed by atoms with E-state index in [2.05, 4.69) is 20.4 Å². The maximum atomic E-state index is 13.1. The predicted octanol–water partition coefficient (Wildman–Crippen LogP) is 0.0383.